The summed E-state index contributed by atoms with van der Waals surface area (Å²) in [6.45, 7) is 2.10. The summed E-state index contributed by atoms with van der Waals surface area (Å²) in [6.07, 6.45) is 0.918. The second-order valence-electron chi connectivity index (χ2n) is 5.86. The molecule has 0 spiro atoms. The van der Waals surface area contributed by atoms with Crippen LogP contribution in [0.15, 0.2) is 48.5 Å². The molecule has 0 saturated carbocycles. The van der Waals surface area contributed by atoms with Gasteiger partial charge in [-0.25, -0.2) is 4.68 Å². The lowest BCUT2D eigenvalue weighted by atomic mass is 9.93. The van der Waals surface area contributed by atoms with Crippen LogP contribution >= 0.6 is 22.6 Å². The van der Waals surface area contributed by atoms with Gasteiger partial charge in [-0.2, -0.15) is 0 Å². The second-order valence-corrected chi connectivity index (χ2v) is 7.10. The summed E-state index contributed by atoms with van der Waals surface area (Å²) in [6, 6.07) is 17.6. The third-order valence-corrected chi connectivity index (χ3v) is 5.00. The fraction of sp³-hybridized carbons (Fsp3) is 0.235. The van der Waals surface area contributed by atoms with Crippen LogP contribution in [0.25, 0.3) is 0 Å². The molecule has 0 amide bonds. The standard InChI is InChI=1S/C17H16IN5/c1-11-2-4-13(5-3-11)16-10-15(12-6-8-14(18)9-7-12)19-17-20-21-22-23(16)17/h2-9,15-16H,10H2,1H3,(H,19,20,22)/t15-,16+/m0/s1. The summed E-state index contributed by atoms with van der Waals surface area (Å²) >= 11 is 2.33. The quantitative estimate of drug-likeness (QED) is 0.646. The van der Waals surface area contributed by atoms with Crippen LogP contribution in [0.3, 0.4) is 0 Å². The van der Waals surface area contributed by atoms with E-state index in [2.05, 4.69) is 98.9 Å². The lowest BCUT2D eigenvalue weighted by Crippen LogP contribution is -2.28. The zero-order valence-electron chi connectivity index (χ0n) is 12.6. The van der Waals surface area contributed by atoms with E-state index in [0.29, 0.717) is 0 Å². The van der Waals surface area contributed by atoms with E-state index >= 15 is 0 Å². The first-order valence-electron chi connectivity index (χ1n) is 7.57. The van der Waals surface area contributed by atoms with E-state index in [4.69, 9.17) is 0 Å². The molecule has 5 nitrogen and oxygen atoms in total. The van der Waals surface area contributed by atoms with Crippen molar-refractivity contribution in [2.45, 2.75) is 25.4 Å². The first-order chi connectivity index (χ1) is 11.2. The van der Waals surface area contributed by atoms with Crippen LogP contribution in [-0.2, 0) is 0 Å². The number of nitrogens with one attached hydrogen (secondary N) is 1. The van der Waals surface area contributed by atoms with Gasteiger partial charge in [-0.15, -0.1) is 0 Å². The summed E-state index contributed by atoms with van der Waals surface area (Å²) in [5.41, 5.74) is 3.76. The topological polar surface area (TPSA) is 55.6 Å². The Labute approximate surface area is 148 Å². The molecule has 0 bridgehead atoms. The van der Waals surface area contributed by atoms with Crippen molar-refractivity contribution in [1.82, 2.24) is 20.2 Å². The fourth-order valence-electron chi connectivity index (χ4n) is 3.02. The molecule has 1 aliphatic rings. The average molecular weight is 417 g/mol. The van der Waals surface area contributed by atoms with Crippen molar-refractivity contribution in [1.29, 1.82) is 0 Å². The van der Waals surface area contributed by atoms with Crippen LogP contribution in [0.5, 0.6) is 0 Å². The first kappa shape index (κ1) is 14.6. The van der Waals surface area contributed by atoms with Gasteiger partial charge in [0.25, 0.3) is 0 Å². The highest BCUT2D eigenvalue weighted by molar-refractivity contribution is 14.1. The Morgan fingerprint density at radius 3 is 2.48 bits per heavy atom. The number of hydrogen-bond donors (Lipinski definition) is 1. The fourth-order valence-corrected chi connectivity index (χ4v) is 3.38. The molecule has 0 unspecified atom stereocenters. The second kappa shape index (κ2) is 5.92. The van der Waals surface area contributed by atoms with Gasteiger partial charge in [0.05, 0.1) is 12.1 Å². The molecule has 1 aliphatic heterocycles. The molecule has 0 aliphatic carbocycles. The molecule has 0 fully saturated rings. The molecule has 0 radical (unpaired) electrons. The Morgan fingerprint density at radius 2 is 1.74 bits per heavy atom. The normalized spacial score (nSPS) is 19.9. The van der Waals surface area contributed by atoms with Crippen molar-refractivity contribution < 1.29 is 0 Å². The molecule has 1 N–H and O–H groups in total. The molecule has 0 saturated heterocycles. The third kappa shape index (κ3) is 2.83. The van der Waals surface area contributed by atoms with Gasteiger partial charge in [0.1, 0.15) is 0 Å². The molecule has 116 valence electrons. The van der Waals surface area contributed by atoms with E-state index < -0.39 is 0 Å². The van der Waals surface area contributed by atoms with Crippen LogP contribution in [0.4, 0.5) is 5.95 Å². The van der Waals surface area contributed by atoms with Crippen LogP contribution in [0.2, 0.25) is 0 Å². The lowest BCUT2D eigenvalue weighted by molar-refractivity contribution is 0.423. The van der Waals surface area contributed by atoms with E-state index in [1.165, 1.54) is 20.3 Å². The zero-order chi connectivity index (χ0) is 15.8. The van der Waals surface area contributed by atoms with Crippen molar-refractivity contribution >= 4 is 28.5 Å². The molecular formula is C17H16IN5. The van der Waals surface area contributed by atoms with Crippen molar-refractivity contribution in [2.24, 2.45) is 0 Å². The summed E-state index contributed by atoms with van der Waals surface area (Å²) in [7, 11) is 0. The highest BCUT2D eigenvalue weighted by Crippen LogP contribution is 2.37. The van der Waals surface area contributed by atoms with Crippen LogP contribution in [0.1, 0.15) is 35.2 Å². The van der Waals surface area contributed by atoms with Crippen LogP contribution in [-0.4, -0.2) is 20.2 Å². The highest BCUT2D eigenvalue weighted by atomic mass is 127. The van der Waals surface area contributed by atoms with E-state index in [1.54, 1.807) is 0 Å². The van der Waals surface area contributed by atoms with Gasteiger partial charge in [0, 0.05) is 3.57 Å². The maximum absolute atomic E-state index is 4.17. The zero-order valence-corrected chi connectivity index (χ0v) is 14.8. The van der Waals surface area contributed by atoms with E-state index in [9.17, 15) is 0 Å². The molecule has 23 heavy (non-hydrogen) atoms. The number of tetrazole rings is 1. The maximum Gasteiger partial charge on any atom is 0.243 e. The molecule has 2 heterocycles. The maximum atomic E-state index is 4.17. The number of benzene rings is 2. The molecule has 1 aromatic heterocycles. The molecule has 6 heteroatoms. The summed E-state index contributed by atoms with van der Waals surface area (Å²) in [5, 5.41) is 15.6. The Balaban J connectivity index is 1.71. The predicted molar refractivity (Wildman–Crippen MR) is 97.3 cm³/mol. The first-order valence-corrected chi connectivity index (χ1v) is 8.65. The van der Waals surface area contributed by atoms with Crippen molar-refractivity contribution in [2.75, 3.05) is 5.32 Å². The van der Waals surface area contributed by atoms with Crippen molar-refractivity contribution in [3.63, 3.8) is 0 Å². The van der Waals surface area contributed by atoms with Gasteiger partial charge in [-0.05, 0) is 69.6 Å². The Bertz CT molecular complexity index is 810. The van der Waals surface area contributed by atoms with E-state index in [1.807, 2.05) is 4.68 Å². The minimum atomic E-state index is 0.145. The van der Waals surface area contributed by atoms with Gasteiger partial charge in [-0.3, -0.25) is 0 Å². The smallest absolute Gasteiger partial charge is 0.243 e. The summed E-state index contributed by atoms with van der Waals surface area (Å²) in [5.74, 6) is 0.727. The minimum absolute atomic E-state index is 0.145. The summed E-state index contributed by atoms with van der Waals surface area (Å²) in [4.78, 5) is 0. The van der Waals surface area contributed by atoms with Crippen LogP contribution < -0.4 is 5.32 Å². The number of anilines is 1. The SMILES string of the molecule is Cc1ccc([C@H]2C[C@@H](c3ccc(I)cc3)Nc3nnnn32)cc1. The van der Waals surface area contributed by atoms with Crippen molar-refractivity contribution in [3.05, 3.63) is 68.8 Å². The Hall–Kier alpha value is -1.96. The van der Waals surface area contributed by atoms with Gasteiger partial charge < -0.3 is 5.32 Å². The number of nitrogens with zero attached hydrogens (tertiary/aromatic N) is 4. The number of hydrogen-bond acceptors (Lipinski definition) is 4. The predicted octanol–water partition coefficient (Wildman–Crippen LogP) is 3.73. The van der Waals surface area contributed by atoms with Crippen LogP contribution in [0, 0.1) is 10.5 Å². The highest BCUT2D eigenvalue weighted by Gasteiger charge is 2.30. The van der Waals surface area contributed by atoms with E-state index in [0.717, 1.165) is 12.4 Å². The van der Waals surface area contributed by atoms with Gasteiger partial charge in [0.15, 0.2) is 0 Å². The largest absolute Gasteiger partial charge is 0.346 e. The minimum Gasteiger partial charge on any atom is -0.346 e. The Morgan fingerprint density at radius 1 is 1.04 bits per heavy atom. The van der Waals surface area contributed by atoms with Gasteiger partial charge in [-0.1, -0.05) is 47.1 Å². The monoisotopic (exact) mass is 417 g/mol. The summed E-state index contributed by atoms with van der Waals surface area (Å²) < 4.78 is 3.12. The number of aryl methyl sites for hydroxylation is 1. The van der Waals surface area contributed by atoms with Crippen molar-refractivity contribution in [3.8, 4) is 0 Å². The van der Waals surface area contributed by atoms with Gasteiger partial charge in [0.2, 0.25) is 5.95 Å². The number of aromatic nitrogens is 4. The number of fused-ring (bicyclic) bond motifs is 1. The molecule has 2 aromatic carbocycles. The van der Waals surface area contributed by atoms with Gasteiger partial charge >= 0.3 is 0 Å². The lowest BCUT2D eigenvalue weighted by Gasteiger charge is -2.31. The number of rotatable bonds is 2. The Kier molecular flexibility index (Phi) is 3.76. The van der Waals surface area contributed by atoms with E-state index in [-0.39, 0.29) is 12.1 Å². The molecular weight excluding hydrogens is 401 g/mol. The molecule has 3 aromatic rings. The third-order valence-electron chi connectivity index (χ3n) is 4.28. The number of halogens is 1. The molecule has 2 atom stereocenters. The average Bonchev–Trinajstić information content (AvgIpc) is 3.04. The molecule has 4 rings (SSSR count).